The second-order valence-corrected chi connectivity index (χ2v) is 8.33. The van der Waals surface area contributed by atoms with Crippen LogP contribution in [0.1, 0.15) is 32.1 Å². The third-order valence-corrected chi connectivity index (χ3v) is 6.74. The van der Waals surface area contributed by atoms with Crippen LogP contribution in [0.3, 0.4) is 0 Å². The van der Waals surface area contributed by atoms with E-state index in [1.54, 1.807) is 15.6 Å². The third kappa shape index (κ3) is 9.05. The molecule has 0 aliphatic heterocycles. The second-order valence-electron chi connectivity index (χ2n) is 6.11. The van der Waals surface area contributed by atoms with E-state index in [1.807, 2.05) is 0 Å². The van der Waals surface area contributed by atoms with Crippen molar-refractivity contribution in [3.8, 4) is 0 Å². The van der Waals surface area contributed by atoms with E-state index in [1.165, 1.54) is 48.0 Å². The molecule has 0 radical (unpaired) electrons. The molecule has 0 bridgehead atoms. The van der Waals surface area contributed by atoms with Gasteiger partial charge < -0.3 is 10.5 Å². The monoisotopic (exact) mass is 676 g/mol. The average molecular weight is 676 g/mol. The van der Waals surface area contributed by atoms with Crippen LogP contribution < -0.4 is 15.9 Å². The summed E-state index contributed by atoms with van der Waals surface area (Å²) < 4.78 is 0. The van der Waals surface area contributed by atoms with Gasteiger partial charge in [0.05, 0.1) is 0 Å². The molecule has 0 amide bonds. The van der Waals surface area contributed by atoms with Gasteiger partial charge >= 0.3 is 35.1 Å². The van der Waals surface area contributed by atoms with Gasteiger partial charge in [-0.1, -0.05) is 123 Å². The van der Waals surface area contributed by atoms with E-state index in [4.69, 9.17) is 10.5 Å². The predicted molar refractivity (Wildman–Crippen MR) is 129 cm³/mol. The number of hydrogen-bond acceptors (Lipinski definition) is 1. The van der Waals surface area contributed by atoms with Crippen LogP contribution in [-0.2, 0) is 15.6 Å². The van der Waals surface area contributed by atoms with Gasteiger partial charge in [0, 0.05) is 0 Å². The summed E-state index contributed by atoms with van der Waals surface area (Å²) in [5.74, 6) is 0. The SMILES string of the molecule is C1CCCC1.[I][Re].[N-]=O.c1ccc(P(c2ccccc2)c2ccccc2)cc1. The fourth-order valence-electron chi connectivity index (χ4n) is 3.06. The Bertz CT molecular complexity index is 626. The zero-order chi connectivity index (χ0) is 20.5. The summed E-state index contributed by atoms with van der Waals surface area (Å²) in [7, 11) is -0.446. The molecule has 0 aromatic heterocycles. The molecule has 0 atom stereocenters. The van der Waals surface area contributed by atoms with Crippen molar-refractivity contribution in [2.45, 2.75) is 32.1 Å². The first-order valence-electron chi connectivity index (χ1n) is 9.23. The van der Waals surface area contributed by atoms with E-state index in [9.17, 15) is 0 Å². The molecule has 4 rings (SSSR count). The van der Waals surface area contributed by atoms with Gasteiger partial charge in [0.2, 0.25) is 0 Å². The second kappa shape index (κ2) is 17.0. The molecule has 1 saturated carbocycles. The molecule has 1 aliphatic rings. The summed E-state index contributed by atoms with van der Waals surface area (Å²) in [5, 5.41) is 4.19. The van der Waals surface area contributed by atoms with Gasteiger partial charge in [-0.3, -0.25) is 0 Å². The average Bonchev–Trinajstić information content (AvgIpc) is 3.39. The fraction of sp³-hybridized carbons (Fsp3) is 0.217. The predicted octanol–water partition coefficient (Wildman–Crippen LogP) is 6.60. The smallest absolute Gasteiger partial charge is 0.0134 e. The first kappa shape index (κ1) is 25.1. The van der Waals surface area contributed by atoms with E-state index in [0.29, 0.717) is 0 Å². The minimum atomic E-state index is -0.446. The van der Waals surface area contributed by atoms with Crippen molar-refractivity contribution in [1.29, 1.82) is 0 Å². The topological polar surface area (TPSA) is 39.4 Å². The maximum absolute atomic E-state index is 7.25. The number of hydrogen-bond donors (Lipinski definition) is 0. The normalized spacial score (nSPS) is 11.8. The molecule has 0 saturated heterocycles. The van der Waals surface area contributed by atoms with Gasteiger partial charge in [-0.2, -0.15) is 0 Å². The molecule has 28 heavy (non-hydrogen) atoms. The number of rotatable bonds is 3. The van der Waals surface area contributed by atoms with Crippen LogP contribution in [0, 0.1) is 4.91 Å². The Morgan fingerprint density at radius 1 is 0.536 bits per heavy atom. The quantitative estimate of drug-likeness (QED) is 0.228. The summed E-state index contributed by atoms with van der Waals surface area (Å²) in [5.41, 5.74) is 5.75. The largest absolute Gasteiger partial charge is 0.577 e. The zero-order valence-corrected chi connectivity index (χ0v) is 21.5. The number of nitrogens with zero attached hydrogens (tertiary/aromatic N) is 1. The maximum Gasteiger partial charge on any atom is -0.0134 e. The number of benzene rings is 3. The Hall–Kier alpha value is -0.918. The van der Waals surface area contributed by atoms with Gasteiger partial charge in [-0.25, -0.2) is 0 Å². The van der Waals surface area contributed by atoms with Crippen LogP contribution in [0.5, 0.6) is 0 Å². The van der Waals surface area contributed by atoms with Crippen molar-refractivity contribution in [2.75, 3.05) is 0 Å². The van der Waals surface area contributed by atoms with Crippen LogP contribution in [0.2, 0.25) is 0 Å². The Morgan fingerprint density at radius 3 is 0.964 bits per heavy atom. The maximum atomic E-state index is 7.25. The van der Waals surface area contributed by atoms with Crippen molar-refractivity contribution in [3.05, 3.63) is 101 Å². The van der Waals surface area contributed by atoms with Gasteiger partial charge in [0.15, 0.2) is 0 Å². The van der Waals surface area contributed by atoms with E-state index in [2.05, 4.69) is 111 Å². The molecule has 3 aromatic carbocycles. The van der Waals surface area contributed by atoms with Crippen LogP contribution in [0.4, 0.5) is 0 Å². The van der Waals surface area contributed by atoms with Crippen molar-refractivity contribution >= 4 is 43.3 Å². The van der Waals surface area contributed by atoms with Crippen molar-refractivity contribution in [3.63, 3.8) is 0 Å². The standard InChI is InChI=1S/C18H15P.C5H10.HI.NO.Re/c1-4-10-16(11-5-1)19(17-12-6-2-7-13-17)18-14-8-3-9-15-18;1-2-4-5-3-1;;1-2;/h1-15H;1-5H2;1H;;/q;;;-1;+1/p-1. The zero-order valence-electron chi connectivity index (χ0n) is 15.8. The molecule has 148 valence electrons. The molecular weight excluding hydrogens is 650 g/mol. The molecule has 2 nitrogen and oxygen atoms in total. The van der Waals surface area contributed by atoms with E-state index >= 15 is 0 Å². The summed E-state index contributed by atoms with van der Waals surface area (Å²) >= 11 is 3.90. The van der Waals surface area contributed by atoms with Gasteiger partial charge in [0.25, 0.3) is 0 Å². The first-order valence-corrected chi connectivity index (χ1v) is 18.3. The molecule has 5 heteroatoms. The van der Waals surface area contributed by atoms with Gasteiger partial charge in [-0.05, 0) is 23.8 Å². The number of halogens is 1. The molecule has 0 heterocycles. The molecule has 3 aromatic rings. The Balaban J connectivity index is 0.000000368. The van der Waals surface area contributed by atoms with Gasteiger partial charge in [0.1, 0.15) is 0 Å². The fourth-order valence-corrected chi connectivity index (χ4v) is 5.37. The summed E-state index contributed by atoms with van der Waals surface area (Å²) in [6.07, 6.45) is 7.50. The summed E-state index contributed by atoms with van der Waals surface area (Å²) in [6, 6.07) is 32.3. The Kier molecular flexibility index (Phi) is 15.2. The van der Waals surface area contributed by atoms with Crippen molar-refractivity contribution < 1.29 is 15.6 Å². The Labute approximate surface area is 191 Å². The summed E-state index contributed by atoms with van der Waals surface area (Å²) in [6.45, 7) is 0. The van der Waals surface area contributed by atoms with Crippen LogP contribution in [-0.4, -0.2) is 0 Å². The van der Waals surface area contributed by atoms with Crippen molar-refractivity contribution in [2.24, 2.45) is 0 Å². The van der Waals surface area contributed by atoms with E-state index < -0.39 is 7.92 Å². The minimum Gasteiger partial charge on any atom is -0.577 e. The van der Waals surface area contributed by atoms with E-state index in [0.717, 1.165) is 0 Å². The molecule has 1 aliphatic carbocycles. The Morgan fingerprint density at radius 2 is 0.750 bits per heavy atom. The molecule has 0 spiro atoms. The van der Waals surface area contributed by atoms with Gasteiger partial charge in [-0.15, -0.1) is 0 Å². The third-order valence-electron chi connectivity index (χ3n) is 4.29. The molecule has 1 fully saturated rings. The summed E-state index contributed by atoms with van der Waals surface area (Å²) in [4.78, 5) is 7.25. The van der Waals surface area contributed by atoms with Crippen LogP contribution in [0.25, 0.3) is 5.59 Å². The molecule has 0 unspecified atom stereocenters. The number of nitroso groups, excluding NO2 is 1. The molecular formula is C23H25INOPRe-. The van der Waals surface area contributed by atoms with Crippen LogP contribution >= 0.6 is 27.4 Å². The van der Waals surface area contributed by atoms with Crippen LogP contribution in [0.15, 0.2) is 91.0 Å². The molecule has 0 N–H and O–H groups in total. The van der Waals surface area contributed by atoms with E-state index in [-0.39, 0.29) is 0 Å². The first-order chi connectivity index (χ1) is 13.9. The van der Waals surface area contributed by atoms with Crippen molar-refractivity contribution in [1.82, 2.24) is 0 Å². The minimum absolute atomic E-state index is 0.446.